The zero-order chi connectivity index (χ0) is 8.60. The predicted molar refractivity (Wildman–Crippen MR) is 39.1 cm³/mol. The van der Waals surface area contributed by atoms with Gasteiger partial charge >= 0.3 is 0 Å². The van der Waals surface area contributed by atoms with E-state index < -0.39 is 11.6 Å². The summed E-state index contributed by atoms with van der Waals surface area (Å²) < 4.78 is 4.88. The normalized spacial score (nSPS) is 26.7. The fourth-order valence-corrected chi connectivity index (χ4v) is 1.18. The molecule has 0 bridgehead atoms. The number of aliphatic carboxylic acids is 1. The van der Waals surface area contributed by atoms with E-state index in [9.17, 15) is 9.90 Å². The fraction of sp³-hybridized carbons (Fsp3) is 0.222. The minimum Gasteiger partial charge on any atom is -0.547 e. The molecule has 0 aliphatic carbocycles. The van der Waals surface area contributed by atoms with Crippen molar-refractivity contribution in [1.82, 2.24) is 0 Å². The van der Waals surface area contributed by atoms with Crippen LogP contribution in [-0.4, -0.2) is 12.6 Å². The molecule has 3 nitrogen and oxygen atoms in total. The molecule has 0 saturated carbocycles. The zero-order valence-corrected chi connectivity index (χ0v) is 6.32. The first kappa shape index (κ1) is 7.31. The Balaban J connectivity index is 2.37. The lowest BCUT2D eigenvalue weighted by Gasteiger charge is -2.12. The smallest absolute Gasteiger partial charge is 0.156 e. The third-order valence-corrected chi connectivity index (χ3v) is 2.00. The molecule has 0 aromatic heterocycles. The quantitative estimate of drug-likeness (QED) is 0.560. The van der Waals surface area contributed by atoms with Crippen LogP contribution in [0.25, 0.3) is 0 Å². The van der Waals surface area contributed by atoms with Gasteiger partial charge in [-0.3, -0.25) is 0 Å². The lowest BCUT2D eigenvalue weighted by atomic mass is 10.0. The number of ether oxygens (including phenoxy) is 1. The van der Waals surface area contributed by atoms with Crippen molar-refractivity contribution in [2.45, 2.75) is 5.60 Å². The molecule has 1 unspecified atom stereocenters. The van der Waals surface area contributed by atoms with E-state index in [4.69, 9.17) is 4.74 Å². The van der Waals surface area contributed by atoms with Gasteiger partial charge in [0.25, 0.3) is 0 Å². The van der Waals surface area contributed by atoms with Crippen LogP contribution in [0.1, 0.15) is 5.56 Å². The maximum absolute atomic E-state index is 10.6. The third kappa shape index (κ3) is 0.905. The van der Waals surface area contributed by atoms with Gasteiger partial charge in [0.2, 0.25) is 0 Å². The number of rotatable bonds is 2. The van der Waals surface area contributed by atoms with Gasteiger partial charge < -0.3 is 14.6 Å². The van der Waals surface area contributed by atoms with Crippen molar-refractivity contribution in [3.63, 3.8) is 0 Å². The maximum atomic E-state index is 10.6. The topological polar surface area (TPSA) is 52.7 Å². The molecule has 1 aromatic rings. The summed E-state index contributed by atoms with van der Waals surface area (Å²) in [6.45, 7) is 0.222. The molecule has 2 rings (SSSR count). The van der Waals surface area contributed by atoms with Gasteiger partial charge in [-0.05, 0) is 5.56 Å². The number of carbonyl (C=O) groups is 1. The van der Waals surface area contributed by atoms with Crippen molar-refractivity contribution in [2.24, 2.45) is 0 Å². The fourth-order valence-electron chi connectivity index (χ4n) is 1.18. The molecule has 12 heavy (non-hydrogen) atoms. The lowest BCUT2D eigenvalue weighted by molar-refractivity contribution is -0.313. The van der Waals surface area contributed by atoms with Crippen LogP contribution >= 0.6 is 0 Å². The SMILES string of the molecule is O=C([O-])C1(c2ccccc2)CO1. The highest BCUT2D eigenvalue weighted by Crippen LogP contribution is 2.37. The molecule has 1 atom stereocenters. The molecule has 1 heterocycles. The third-order valence-electron chi connectivity index (χ3n) is 2.00. The number of carboxylic acids is 1. The Labute approximate surface area is 69.6 Å². The van der Waals surface area contributed by atoms with E-state index in [1.54, 1.807) is 24.3 Å². The first-order valence-corrected chi connectivity index (χ1v) is 3.67. The Morgan fingerprint density at radius 3 is 2.42 bits per heavy atom. The molecule has 0 spiro atoms. The van der Waals surface area contributed by atoms with E-state index in [0.717, 1.165) is 0 Å². The summed E-state index contributed by atoms with van der Waals surface area (Å²) in [6.07, 6.45) is 0. The van der Waals surface area contributed by atoms with Crippen LogP contribution in [0.2, 0.25) is 0 Å². The van der Waals surface area contributed by atoms with Crippen molar-refractivity contribution in [3.05, 3.63) is 35.9 Å². The van der Waals surface area contributed by atoms with Crippen LogP contribution in [0.15, 0.2) is 30.3 Å². The minimum atomic E-state index is -1.16. The predicted octanol–water partition coefficient (Wildman–Crippen LogP) is -0.338. The van der Waals surface area contributed by atoms with Crippen LogP contribution in [0.5, 0.6) is 0 Å². The van der Waals surface area contributed by atoms with Crippen LogP contribution in [0.4, 0.5) is 0 Å². The second-order valence-corrected chi connectivity index (χ2v) is 2.77. The van der Waals surface area contributed by atoms with Gasteiger partial charge in [-0.25, -0.2) is 0 Å². The Hall–Kier alpha value is -1.35. The monoisotopic (exact) mass is 163 g/mol. The highest BCUT2D eigenvalue weighted by molar-refractivity contribution is 5.80. The van der Waals surface area contributed by atoms with E-state index in [1.807, 2.05) is 6.07 Å². The van der Waals surface area contributed by atoms with Crippen molar-refractivity contribution in [2.75, 3.05) is 6.61 Å². The molecule has 1 fully saturated rings. The average molecular weight is 163 g/mol. The largest absolute Gasteiger partial charge is 0.547 e. The molecule has 0 radical (unpaired) electrons. The second-order valence-electron chi connectivity index (χ2n) is 2.77. The first-order valence-electron chi connectivity index (χ1n) is 3.67. The van der Waals surface area contributed by atoms with E-state index in [2.05, 4.69) is 0 Å². The van der Waals surface area contributed by atoms with E-state index >= 15 is 0 Å². The van der Waals surface area contributed by atoms with Gasteiger partial charge in [-0.2, -0.15) is 0 Å². The standard InChI is InChI=1S/C9H8O3/c10-8(11)9(6-12-9)7-4-2-1-3-5-7/h1-5H,6H2,(H,10,11)/p-1. The number of carbonyl (C=O) groups excluding carboxylic acids is 1. The number of carboxylic acid groups (broad SMARTS) is 1. The van der Waals surface area contributed by atoms with Crippen LogP contribution < -0.4 is 5.11 Å². The van der Waals surface area contributed by atoms with Crippen molar-refractivity contribution in [1.29, 1.82) is 0 Å². The van der Waals surface area contributed by atoms with Gasteiger partial charge in [-0.1, -0.05) is 30.3 Å². The zero-order valence-electron chi connectivity index (χ0n) is 6.32. The summed E-state index contributed by atoms with van der Waals surface area (Å²) in [7, 11) is 0. The first-order chi connectivity index (χ1) is 5.76. The van der Waals surface area contributed by atoms with E-state index in [1.165, 1.54) is 0 Å². The van der Waals surface area contributed by atoms with Crippen LogP contribution in [0, 0.1) is 0 Å². The molecule has 62 valence electrons. The summed E-state index contributed by atoms with van der Waals surface area (Å²) in [5, 5.41) is 10.6. The Morgan fingerprint density at radius 1 is 1.42 bits per heavy atom. The number of hydrogen-bond acceptors (Lipinski definition) is 3. The molecule has 0 N–H and O–H groups in total. The molecular weight excluding hydrogens is 156 g/mol. The summed E-state index contributed by atoms with van der Waals surface area (Å²) in [5.74, 6) is -1.16. The number of epoxide rings is 1. The number of benzene rings is 1. The minimum absolute atomic E-state index is 0.222. The summed E-state index contributed by atoms with van der Waals surface area (Å²) in [6, 6.07) is 8.84. The van der Waals surface area contributed by atoms with Crippen molar-refractivity contribution < 1.29 is 14.6 Å². The highest BCUT2D eigenvalue weighted by atomic mass is 16.6. The summed E-state index contributed by atoms with van der Waals surface area (Å²) in [4.78, 5) is 10.6. The Morgan fingerprint density at radius 2 is 2.00 bits per heavy atom. The van der Waals surface area contributed by atoms with Gasteiger partial charge in [0.05, 0.1) is 12.6 Å². The second kappa shape index (κ2) is 2.32. The van der Waals surface area contributed by atoms with Crippen LogP contribution in [0.3, 0.4) is 0 Å². The average Bonchev–Trinajstić information content (AvgIpc) is 2.86. The maximum Gasteiger partial charge on any atom is 0.156 e. The van der Waals surface area contributed by atoms with Gasteiger partial charge in [0.15, 0.2) is 5.60 Å². The highest BCUT2D eigenvalue weighted by Gasteiger charge is 2.48. The molecule has 1 saturated heterocycles. The van der Waals surface area contributed by atoms with Crippen LogP contribution in [-0.2, 0) is 15.1 Å². The van der Waals surface area contributed by atoms with Crippen molar-refractivity contribution in [3.8, 4) is 0 Å². The lowest BCUT2D eigenvalue weighted by Crippen LogP contribution is -2.36. The molecular formula is C9H7O3-. The Bertz CT molecular complexity index is 301. The number of hydrogen-bond donors (Lipinski definition) is 0. The summed E-state index contributed by atoms with van der Waals surface area (Å²) in [5.41, 5.74) is -0.494. The van der Waals surface area contributed by atoms with Gasteiger partial charge in [-0.15, -0.1) is 0 Å². The van der Waals surface area contributed by atoms with Gasteiger partial charge in [0, 0.05) is 0 Å². The molecule has 1 aliphatic rings. The molecule has 0 amide bonds. The summed E-state index contributed by atoms with van der Waals surface area (Å²) >= 11 is 0. The Kier molecular flexibility index (Phi) is 1.41. The molecule has 1 aliphatic heterocycles. The van der Waals surface area contributed by atoms with Gasteiger partial charge in [0.1, 0.15) is 0 Å². The van der Waals surface area contributed by atoms with E-state index in [0.29, 0.717) is 5.56 Å². The molecule has 3 heteroatoms. The van der Waals surface area contributed by atoms with E-state index in [-0.39, 0.29) is 6.61 Å². The molecule has 1 aromatic carbocycles. The van der Waals surface area contributed by atoms with Crippen molar-refractivity contribution >= 4 is 5.97 Å².